The molecule has 2 aromatic rings. The van der Waals surface area contributed by atoms with Gasteiger partial charge in [-0.05, 0) is 36.8 Å². The highest BCUT2D eigenvalue weighted by Gasteiger charge is 2.24. The third-order valence-corrected chi connectivity index (χ3v) is 5.23. The summed E-state index contributed by atoms with van der Waals surface area (Å²) in [5.74, 6) is 0.496. The van der Waals surface area contributed by atoms with Crippen LogP contribution in [0.1, 0.15) is 24.3 Å². The zero-order valence-electron chi connectivity index (χ0n) is 11.1. The van der Waals surface area contributed by atoms with Gasteiger partial charge in [0.05, 0.1) is 17.3 Å². The first kappa shape index (κ1) is 16.3. The third-order valence-electron chi connectivity index (χ3n) is 2.89. The summed E-state index contributed by atoms with van der Waals surface area (Å²) < 4.78 is 32.5. The fourth-order valence-corrected chi connectivity index (χ4v) is 4.01. The monoisotopic (exact) mass is 348 g/mol. The van der Waals surface area contributed by atoms with E-state index in [1.54, 1.807) is 25.1 Å². The number of benzene rings is 1. The second-order valence-electron chi connectivity index (χ2n) is 4.44. The molecule has 3 N–H and O–H groups in total. The topological polar surface area (TPSA) is 85.3 Å². The number of halogens is 2. The average Bonchev–Trinajstić information content (AvgIpc) is 2.94. The van der Waals surface area contributed by atoms with E-state index in [1.165, 1.54) is 12.3 Å². The maximum absolute atomic E-state index is 12.4. The molecular weight excluding hydrogens is 335 g/mol. The van der Waals surface area contributed by atoms with Crippen LogP contribution in [0.3, 0.4) is 0 Å². The molecule has 0 amide bonds. The average molecular weight is 349 g/mol. The molecule has 1 aromatic carbocycles. The van der Waals surface area contributed by atoms with E-state index in [9.17, 15) is 8.42 Å². The Morgan fingerprint density at radius 1 is 1.38 bits per heavy atom. The number of hydrogen-bond acceptors (Lipinski definition) is 4. The molecule has 8 heteroatoms. The van der Waals surface area contributed by atoms with E-state index >= 15 is 0 Å². The summed E-state index contributed by atoms with van der Waals surface area (Å²) in [4.78, 5) is -0.101. The molecule has 2 rings (SSSR count). The molecule has 1 unspecified atom stereocenters. The van der Waals surface area contributed by atoms with Crippen molar-refractivity contribution in [2.75, 3.05) is 0 Å². The van der Waals surface area contributed by atoms with Gasteiger partial charge >= 0.3 is 0 Å². The minimum Gasteiger partial charge on any atom is -0.468 e. The van der Waals surface area contributed by atoms with Crippen molar-refractivity contribution in [3.63, 3.8) is 0 Å². The number of nitrogens with two attached hydrogens (primary N) is 1. The van der Waals surface area contributed by atoms with Gasteiger partial charge in [0.25, 0.3) is 0 Å². The van der Waals surface area contributed by atoms with Crippen LogP contribution in [-0.4, -0.2) is 8.42 Å². The molecule has 0 saturated heterocycles. The lowest BCUT2D eigenvalue weighted by molar-refractivity contribution is 0.459. The van der Waals surface area contributed by atoms with Gasteiger partial charge in [-0.25, -0.2) is 13.1 Å². The van der Waals surface area contributed by atoms with Gasteiger partial charge in [0, 0.05) is 11.6 Å². The molecule has 0 radical (unpaired) electrons. The number of nitrogens with one attached hydrogen (secondary N) is 1. The number of furan rings is 1. The van der Waals surface area contributed by atoms with Crippen molar-refractivity contribution >= 4 is 33.2 Å². The van der Waals surface area contributed by atoms with Gasteiger partial charge in [0.1, 0.15) is 10.7 Å². The highest BCUT2D eigenvalue weighted by Crippen LogP contribution is 2.30. The summed E-state index contributed by atoms with van der Waals surface area (Å²) in [7, 11) is -3.85. The van der Waals surface area contributed by atoms with Crippen molar-refractivity contribution in [3.8, 4) is 0 Å². The summed E-state index contributed by atoms with van der Waals surface area (Å²) in [6.07, 6.45) is 1.47. The Morgan fingerprint density at radius 2 is 2.10 bits per heavy atom. The van der Waals surface area contributed by atoms with Crippen LogP contribution in [0.2, 0.25) is 10.0 Å². The van der Waals surface area contributed by atoms with E-state index in [-0.39, 0.29) is 21.5 Å². The highest BCUT2D eigenvalue weighted by atomic mass is 35.5. The van der Waals surface area contributed by atoms with Crippen molar-refractivity contribution in [2.45, 2.75) is 24.4 Å². The van der Waals surface area contributed by atoms with E-state index in [1.807, 2.05) is 0 Å². The van der Waals surface area contributed by atoms with E-state index < -0.39 is 16.1 Å². The van der Waals surface area contributed by atoms with Crippen LogP contribution in [0.15, 0.2) is 39.8 Å². The molecule has 0 fully saturated rings. The molecule has 0 spiro atoms. The lowest BCUT2D eigenvalue weighted by atomic mass is 10.2. The van der Waals surface area contributed by atoms with Crippen molar-refractivity contribution in [3.05, 3.63) is 51.9 Å². The van der Waals surface area contributed by atoms with Crippen molar-refractivity contribution in [2.24, 2.45) is 5.73 Å². The van der Waals surface area contributed by atoms with E-state index in [0.717, 1.165) is 0 Å². The van der Waals surface area contributed by atoms with Crippen LogP contribution in [0.4, 0.5) is 0 Å². The molecule has 1 heterocycles. The van der Waals surface area contributed by atoms with Gasteiger partial charge in [-0.2, -0.15) is 0 Å². The van der Waals surface area contributed by atoms with Gasteiger partial charge in [0.15, 0.2) is 0 Å². The molecular formula is C13H14Cl2N2O3S. The molecule has 21 heavy (non-hydrogen) atoms. The predicted molar refractivity (Wildman–Crippen MR) is 81.8 cm³/mol. The Balaban J connectivity index is 2.38. The summed E-state index contributed by atoms with van der Waals surface area (Å²) in [5, 5.41) is 0.326. The smallest absolute Gasteiger partial charge is 0.242 e. The second kappa shape index (κ2) is 6.37. The Labute approximate surface area is 133 Å². The number of hydrogen-bond donors (Lipinski definition) is 2. The van der Waals surface area contributed by atoms with Gasteiger partial charge in [0.2, 0.25) is 10.0 Å². The molecule has 1 aromatic heterocycles. The Kier molecular flexibility index (Phi) is 4.95. The zero-order valence-corrected chi connectivity index (χ0v) is 13.5. The molecule has 0 aliphatic heterocycles. The molecule has 0 saturated carbocycles. The van der Waals surface area contributed by atoms with Gasteiger partial charge < -0.3 is 10.2 Å². The minimum absolute atomic E-state index is 0.0704. The molecule has 0 bridgehead atoms. The molecule has 5 nitrogen and oxygen atoms in total. The summed E-state index contributed by atoms with van der Waals surface area (Å²) in [6, 6.07) is 5.65. The first-order chi connectivity index (χ1) is 9.85. The van der Waals surface area contributed by atoms with Crippen LogP contribution in [0, 0.1) is 0 Å². The Bertz CT molecular complexity index is 730. The zero-order chi connectivity index (χ0) is 15.6. The number of rotatable bonds is 5. The Morgan fingerprint density at radius 3 is 2.67 bits per heavy atom. The van der Waals surface area contributed by atoms with Crippen molar-refractivity contribution in [1.29, 1.82) is 0 Å². The molecule has 114 valence electrons. The fraction of sp³-hybridized carbons (Fsp3) is 0.231. The van der Waals surface area contributed by atoms with E-state index in [4.69, 9.17) is 33.4 Å². The van der Waals surface area contributed by atoms with Crippen LogP contribution in [0.25, 0.3) is 0 Å². The van der Waals surface area contributed by atoms with Crippen LogP contribution >= 0.6 is 23.2 Å². The predicted octanol–water partition coefficient (Wildman–Crippen LogP) is 3.08. The largest absolute Gasteiger partial charge is 0.468 e. The van der Waals surface area contributed by atoms with Gasteiger partial charge in [-0.1, -0.05) is 23.2 Å². The molecule has 1 atom stereocenters. The molecule has 0 aliphatic rings. The summed E-state index contributed by atoms with van der Waals surface area (Å²) >= 11 is 12.0. The highest BCUT2D eigenvalue weighted by molar-refractivity contribution is 7.89. The Hall–Kier alpha value is -1.05. The normalized spacial score (nSPS) is 13.3. The van der Waals surface area contributed by atoms with Crippen molar-refractivity contribution in [1.82, 2.24) is 4.72 Å². The maximum Gasteiger partial charge on any atom is 0.242 e. The summed E-state index contributed by atoms with van der Waals surface area (Å²) in [6.45, 7) is 1.76. The van der Waals surface area contributed by atoms with Gasteiger partial charge in [-0.3, -0.25) is 0 Å². The van der Waals surface area contributed by atoms with E-state index in [2.05, 4.69) is 4.72 Å². The molecule has 0 aliphatic carbocycles. The van der Waals surface area contributed by atoms with E-state index in [0.29, 0.717) is 11.3 Å². The first-order valence-corrected chi connectivity index (χ1v) is 8.33. The van der Waals surface area contributed by atoms with Crippen LogP contribution < -0.4 is 10.5 Å². The van der Waals surface area contributed by atoms with Crippen LogP contribution in [-0.2, 0) is 16.6 Å². The van der Waals surface area contributed by atoms with Crippen LogP contribution in [0.5, 0.6) is 0 Å². The fourth-order valence-electron chi connectivity index (χ4n) is 1.85. The SMILES string of the molecule is CC(NS(=O)(=O)c1cc(Cl)cc(CN)c1Cl)c1ccco1. The lowest BCUT2D eigenvalue weighted by Crippen LogP contribution is -2.27. The standard InChI is InChI=1S/C13H14Cl2N2O3S/c1-8(11-3-2-4-20-11)17-21(18,19)12-6-10(14)5-9(7-16)13(12)15/h2-6,8,17H,7,16H2,1H3. The minimum atomic E-state index is -3.85. The number of sulfonamides is 1. The maximum atomic E-state index is 12.4. The quantitative estimate of drug-likeness (QED) is 0.869. The summed E-state index contributed by atoms with van der Waals surface area (Å²) in [5.41, 5.74) is 6.00. The van der Waals surface area contributed by atoms with Gasteiger partial charge in [-0.15, -0.1) is 0 Å². The first-order valence-electron chi connectivity index (χ1n) is 6.09. The lowest BCUT2D eigenvalue weighted by Gasteiger charge is -2.14. The van der Waals surface area contributed by atoms with Crippen molar-refractivity contribution < 1.29 is 12.8 Å². The second-order valence-corrected chi connectivity index (χ2v) is 6.94. The third kappa shape index (κ3) is 3.59.